The molecule has 0 spiro atoms. The molecule has 0 saturated carbocycles. The van der Waals surface area contributed by atoms with Gasteiger partial charge in [0.05, 0.1) is 5.56 Å². The third kappa shape index (κ3) is 4.87. The van der Waals surface area contributed by atoms with Crippen molar-refractivity contribution in [3.63, 3.8) is 0 Å². The molecule has 1 atom stereocenters. The highest BCUT2D eigenvalue weighted by Gasteiger charge is 2.28. The summed E-state index contributed by atoms with van der Waals surface area (Å²) in [4.78, 5) is 35.9. The Labute approximate surface area is 151 Å². The molecule has 0 fully saturated rings. The number of hydrogen-bond acceptors (Lipinski definition) is 4. The van der Waals surface area contributed by atoms with Gasteiger partial charge in [-0.3, -0.25) is 10.1 Å². The summed E-state index contributed by atoms with van der Waals surface area (Å²) in [6.07, 6.45) is -1.41. The second-order valence-corrected chi connectivity index (χ2v) is 5.80. The van der Waals surface area contributed by atoms with Crippen LogP contribution in [0.5, 0.6) is 0 Å². The molecule has 2 aromatic rings. The second-order valence-electron chi connectivity index (χ2n) is 4.89. The lowest BCUT2D eigenvalue weighted by molar-refractivity contribution is -0.129. The van der Waals surface area contributed by atoms with E-state index in [1.54, 1.807) is 30.3 Å². The fraction of sp³-hybridized carbons (Fsp3) is 0.118. The minimum absolute atomic E-state index is 0.331. The van der Waals surface area contributed by atoms with Gasteiger partial charge in [-0.15, -0.1) is 0 Å². The Morgan fingerprint density at radius 2 is 1.80 bits per heavy atom. The van der Waals surface area contributed by atoms with E-state index in [0.717, 1.165) is 6.07 Å². The largest absolute Gasteiger partial charge is 0.444 e. The van der Waals surface area contributed by atoms with Crippen molar-refractivity contribution >= 4 is 33.8 Å². The number of carbonyl (C=O) groups excluding carboxylic acids is 3. The summed E-state index contributed by atoms with van der Waals surface area (Å²) in [5.74, 6) is -2.67. The van der Waals surface area contributed by atoms with Crippen LogP contribution < -0.4 is 10.6 Å². The van der Waals surface area contributed by atoms with Gasteiger partial charge in [0.25, 0.3) is 5.91 Å². The lowest BCUT2D eigenvalue weighted by atomic mass is 10.1. The first-order chi connectivity index (χ1) is 11.9. The van der Waals surface area contributed by atoms with E-state index < -0.39 is 29.8 Å². The average molecular weight is 409 g/mol. The summed E-state index contributed by atoms with van der Waals surface area (Å²) in [6.45, 7) is 0. The van der Waals surface area contributed by atoms with E-state index in [1.165, 1.54) is 19.2 Å². The minimum atomic E-state index is -1.41. The zero-order chi connectivity index (χ0) is 18.4. The van der Waals surface area contributed by atoms with Gasteiger partial charge in [-0.2, -0.15) is 0 Å². The van der Waals surface area contributed by atoms with Crippen molar-refractivity contribution in [3.8, 4) is 0 Å². The molecule has 0 saturated heterocycles. The molecule has 8 heteroatoms. The molecule has 0 bridgehead atoms. The van der Waals surface area contributed by atoms with Crippen molar-refractivity contribution in [3.05, 3.63) is 69.9 Å². The molecule has 2 N–H and O–H groups in total. The van der Waals surface area contributed by atoms with Gasteiger partial charge in [0.15, 0.2) is 0 Å². The number of imide groups is 1. The van der Waals surface area contributed by atoms with Crippen molar-refractivity contribution in [1.82, 2.24) is 10.6 Å². The molecule has 2 rings (SSSR count). The number of benzene rings is 2. The zero-order valence-corrected chi connectivity index (χ0v) is 14.7. The van der Waals surface area contributed by atoms with E-state index >= 15 is 0 Å². The Morgan fingerprint density at radius 1 is 1.12 bits per heavy atom. The Bertz CT molecular complexity index is 798. The van der Waals surface area contributed by atoms with Crippen LogP contribution in [0.25, 0.3) is 0 Å². The van der Waals surface area contributed by atoms with Gasteiger partial charge < -0.3 is 10.1 Å². The van der Waals surface area contributed by atoms with Crippen molar-refractivity contribution in [1.29, 1.82) is 0 Å². The van der Waals surface area contributed by atoms with Gasteiger partial charge in [-0.25, -0.2) is 14.0 Å². The van der Waals surface area contributed by atoms with Gasteiger partial charge in [0.2, 0.25) is 6.10 Å². The number of carbonyl (C=O) groups is 3. The molecule has 0 aliphatic carbocycles. The number of rotatable bonds is 4. The van der Waals surface area contributed by atoms with Crippen molar-refractivity contribution in [2.75, 3.05) is 7.05 Å². The molecule has 130 valence electrons. The maximum atomic E-state index is 13.9. The van der Waals surface area contributed by atoms with Crippen LogP contribution in [0.1, 0.15) is 22.0 Å². The maximum Gasteiger partial charge on any atom is 0.342 e. The summed E-state index contributed by atoms with van der Waals surface area (Å²) in [5, 5.41) is 4.27. The Kier molecular flexibility index (Phi) is 6.24. The first-order valence-electron chi connectivity index (χ1n) is 7.16. The van der Waals surface area contributed by atoms with Crippen LogP contribution in [0.4, 0.5) is 9.18 Å². The van der Waals surface area contributed by atoms with Crippen LogP contribution in [0, 0.1) is 5.82 Å². The fourth-order valence-corrected chi connectivity index (χ4v) is 2.33. The Morgan fingerprint density at radius 3 is 2.44 bits per heavy atom. The van der Waals surface area contributed by atoms with Crippen LogP contribution in [0.15, 0.2) is 53.0 Å². The first kappa shape index (κ1) is 18.6. The lowest BCUT2D eigenvalue weighted by Gasteiger charge is -2.17. The predicted octanol–water partition coefficient (Wildman–Crippen LogP) is 2.94. The van der Waals surface area contributed by atoms with Gasteiger partial charge in [0.1, 0.15) is 5.82 Å². The SMILES string of the molecule is CNC(=O)NC(=O)[C@H](OC(=O)c1cc(Br)ccc1F)c1ccccc1. The molecule has 0 aliphatic rings. The van der Waals surface area contributed by atoms with Crippen LogP contribution in [-0.4, -0.2) is 25.0 Å². The van der Waals surface area contributed by atoms with Crippen molar-refractivity contribution in [2.45, 2.75) is 6.10 Å². The van der Waals surface area contributed by atoms with Gasteiger partial charge in [-0.05, 0) is 18.2 Å². The highest BCUT2D eigenvalue weighted by atomic mass is 79.9. The van der Waals surface area contributed by atoms with E-state index in [1.807, 2.05) is 5.32 Å². The molecule has 0 radical (unpaired) electrons. The van der Waals surface area contributed by atoms with E-state index in [4.69, 9.17) is 4.74 Å². The number of amides is 3. The summed E-state index contributed by atoms with van der Waals surface area (Å²) < 4.78 is 19.5. The van der Waals surface area contributed by atoms with Crippen LogP contribution in [0.2, 0.25) is 0 Å². The van der Waals surface area contributed by atoms with Gasteiger partial charge in [0, 0.05) is 17.1 Å². The zero-order valence-electron chi connectivity index (χ0n) is 13.1. The summed E-state index contributed by atoms with van der Waals surface area (Å²) in [7, 11) is 1.34. The maximum absolute atomic E-state index is 13.9. The molecule has 3 amide bonds. The summed E-state index contributed by atoms with van der Waals surface area (Å²) in [6, 6.07) is 11.1. The monoisotopic (exact) mass is 408 g/mol. The number of esters is 1. The van der Waals surface area contributed by atoms with Crippen molar-refractivity contribution < 1.29 is 23.5 Å². The smallest absolute Gasteiger partial charge is 0.342 e. The van der Waals surface area contributed by atoms with E-state index in [9.17, 15) is 18.8 Å². The number of nitrogens with one attached hydrogen (secondary N) is 2. The molecular weight excluding hydrogens is 395 g/mol. The van der Waals surface area contributed by atoms with Gasteiger partial charge in [-0.1, -0.05) is 46.3 Å². The normalized spacial score (nSPS) is 11.3. The summed E-state index contributed by atoms with van der Waals surface area (Å²) in [5.41, 5.74) is 0.00991. The van der Waals surface area contributed by atoms with Gasteiger partial charge >= 0.3 is 12.0 Å². The third-order valence-corrected chi connectivity index (χ3v) is 3.67. The quantitative estimate of drug-likeness (QED) is 0.761. The minimum Gasteiger partial charge on any atom is -0.444 e. The van der Waals surface area contributed by atoms with E-state index in [0.29, 0.717) is 10.0 Å². The number of halogens is 2. The molecule has 2 aromatic carbocycles. The highest BCUT2D eigenvalue weighted by Crippen LogP contribution is 2.22. The first-order valence-corrected chi connectivity index (χ1v) is 7.95. The number of hydrogen-bond donors (Lipinski definition) is 2. The molecular formula is C17H14BrFN2O4. The highest BCUT2D eigenvalue weighted by molar-refractivity contribution is 9.10. The standard InChI is InChI=1S/C17H14BrFN2O4/c1-20-17(24)21-15(22)14(10-5-3-2-4-6-10)25-16(23)12-9-11(18)7-8-13(12)19/h2-9,14H,1H3,(H2,20,21,22,24)/t14-/m1/s1. The molecule has 0 unspecified atom stereocenters. The van der Waals surface area contributed by atoms with E-state index in [-0.39, 0.29) is 5.56 Å². The predicted molar refractivity (Wildman–Crippen MR) is 91.3 cm³/mol. The van der Waals surface area contributed by atoms with Crippen molar-refractivity contribution in [2.24, 2.45) is 0 Å². The Balaban J connectivity index is 2.29. The average Bonchev–Trinajstić information content (AvgIpc) is 2.61. The van der Waals surface area contributed by atoms with Crippen LogP contribution >= 0.6 is 15.9 Å². The van der Waals surface area contributed by atoms with Crippen LogP contribution in [0.3, 0.4) is 0 Å². The lowest BCUT2D eigenvalue weighted by Crippen LogP contribution is -2.41. The number of urea groups is 1. The molecule has 25 heavy (non-hydrogen) atoms. The summed E-state index contributed by atoms with van der Waals surface area (Å²) >= 11 is 3.14. The third-order valence-electron chi connectivity index (χ3n) is 3.18. The molecule has 0 aromatic heterocycles. The topological polar surface area (TPSA) is 84.5 Å². The van der Waals surface area contributed by atoms with E-state index in [2.05, 4.69) is 21.2 Å². The second kappa shape index (κ2) is 8.39. The van der Waals surface area contributed by atoms with Crippen LogP contribution in [-0.2, 0) is 9.53 Å². The molecule has 0 aliphatic heterocycles. The molecule has 6 nitrogen and oxygen atoms in total. The molecule has 0 heterocycles. The fourth-order valence-electron chi connectivity index (χ4n) is 1.97. The number of ether oxygens (including phenoxy) is 1. The Hall–Kier alpha value is -2.74.